The number of nitrogens with zero attached hydrogens (tertiary/aromatic N) is 1. The van der Waals surface area contributed by atoms with E-state index in [2.05, 4.69) is 12.1 Å². The van der Waals surface area contributed by atoms with E-state index in [0.29, 0.717) is 6.42 Å². The largest absolute Gasteiger partial charge is 0.334 e. The van der Waals surface area contributed by atoms with Gasteiger partial charge in [0.2, 0.25) is 5.91 Å². The molecule has 1 amide bonds. The van der Waals surface area contributed by atoms with E-state index >= 15 is 0 Å². The summed E-state index contributed by atoms with van der Waals surface area (Å²) in [6.07, 6.45) is 0.495. The molecule has 3 rings (SSSR count). The molecule has 90 valence electrons. The van der Waals surface area contributed by atoms with E-state index < -0.39 is 0 Å². The van der Waals surface area contributed by atoms with Gasteiger partial charge >= 0.3 is 0 Å². The summed E-state index contributed by atoms with van der Waals surface area (Å²) in [4.78, 5) is 14.1. The van der Waals surface area contributed by atoms with E-state index in [1.807, 2.05) is 47.4 Å². The van der Waals surface area contributed by atoms with Crippen LogP contribution in [0, 0.1) is 0 Å². The fraction of sp³-hybridized carbons (Fsp3) is 0.188. The molecule has 18 heavy (non-hydrogen) atoms. The third-order valence-corrected chi connectivity index (χ3v) is 3.39. The van der Waals surface area contributed by atoms with Crippen LogP contribution in [0.15, 0.2) is 54.6 Å². The Morgan fingerprint density at radius 3 is 2.06 bits per heavy atom. The van der Waals surface area contributed by atoms with Crippen molar-refractivity contribution in [2.45, 2.75) is 19.5 Å². The van der Waals surface area contributed by atoms with Crippen LogP contribution in [0.25, 0.3) is 0 Å². The van der Waals surface area contributed by atoms with Crippen molar-refractivity contribution in [2.24, 2.45) is 0 Å². The second kappa shape index (κ2) is 4.65. The van der Waals surface area contributed by atoms with Gasteiger partial charge in [-0.2, -0.15) is 0 Å². The van der Waals surface area contributed by atoms with Crippen LogP contribution in [0.3, 0.4) is 0 Å². The molecule has 2 heteroatoms. The zero-order valence-electron chi connectivity index (χ0n) is 10.2. The monoisotopic (exact) mass is 237 g/mol. The zero-order chi connectivity index (χ0) is 12.4. The molecule has 0 radical (unpaired) electrons. The van der Waals surface area contributed by atoms with Crippen molar-refractivity contribution in [2.75, 3.05) is 0 Å². The molecular weight excluding hydrogens is 222 g/mol. The van der Waals surface area contributed by atoms with Crippen molar-refractivity contribution in [1.29, 1.82) is 0 Å². The topological polar surface area (TPSA) is 20.3 Å². The van der Waals surface area contributed by atoms with Crippen molar-refractivity contribution in [1.82, 2.24) is 4.90 Å². The lowest BCUT2D eigenvalue weighted by Gasteiger charge is -2.15. The normalized spacial score (nSPS) is 13.4. The maximum absolute atomic E-state index is 12.2. The first-order chi connectivity index (χ1) is 8.83. The molecule has 1 aliphatic heterocycles. The number of carbonyl (C=O) groups excluding carboxylic acids is 1. The molecule has 2 aromatic rings. The van der Waals surface area contributed by atoms with Crippen molar-refractivity contribution < 1.29 is 4.79 Å². The maximum Gasteiger partial charge on any atom is 0.227 e. The minimum atomic E-state index is 0.206. The second-order valence-electron chi connectivity index (χ2n) is 4.68. The minimum Gasteiger partial charge on any atom is -0.334 e. The van der Waals surface area contributed by atoms with Crippen LogP contribution in [-0.4, -0.2) is 10.8 Å². The Balaban J connectivity index is 1.70. The van der Waals surface area contributed by atoms with Gasteiger partial charge in [-0.25, -0.2) is 0 Å². The molecule has 0 unspecified atom stereocenters. The Hall–Kier alpha value is -2.09. The molecule has 1 heterocycles. The van der Waals surface area contributed by atoms with E-state index in [4.69, 9.17) is 0 Å². The molecule has 0 aromatic heterocycles. The lowest BCUT2D eigenvalue weighted by molar-refractivity contribution is -0.131. The van der Waals surface area contributed by atoms with E-state index in [1.54, 1.807) is 0 Å². The van der Waals surface area contributed by atoms with Crippen LogP contribution < -0.4 is 0 Å². The van der Waals surface area contributed by atoms with Crippen LogP contribution in [0.2, 0.25) is 0 Å². The van der Waals surface area contributed by atoms with Crippen LogP contribution >= 0.6 is 0 Å². The summed E-state index contributed by atoms with van der Waals surface area (Å²) in [7, 11) is 0. The van der Waals surface area contributed by atoms with Gasteiger partial charge in [0.15, 0.2) is 0 Å². The number of rotatable bonds is 2. The maximum atomic E-state index is 12.2. The van der Waals surface area contributed by atoms with E-state index in [-0.39, 0.29) is 5.91 Å². The molecule has 0 atom stereocenters. The summed E-state index contributed by atoms with van der Waals surface area (Å²) in [5.41, 5.74) is 3.64. The standard InChI is InChI=1S/C16H15NO/c18-16(10-13-6-2-1-3-7-13)17-11-14-8-4-5-9-15(14)12-17/h1-9H,10-12H2. The Bertz CT molecular complexity index is 537. The number of fused-ring (bicyclic) bond motifs is 1. The molecule has 0 fully saturated rings. The first-order valence-corrected chi connectivity index (χ1v) is 6.21. The molecule has 2 nitrogen and oxygen atoms in total. The third-order valence-electron chi connectivity index (χ3n) is 3.39. The van der Waals surface area contributed by atoms with Crippen molar-refractivity contribution >= 4 is 5.91 Å². The number of amides is 1. The molecule has 0 N–H and O–H groups in total. The first-order valence-electron chi connectivity index (χ1n) is 6.21. The van der Waals surface area contributed by atoms with E-state index in [9.17, 15) is 4.79 Å². The van der Waals surface area contributed by atoms with Gasteiger partial charge in [-0.1, -0.05) is 54.6 Å². The lowest BCUT2D eigenvalue weighted by atomic mass is 10.1. The van der Waals surface area contributed by atoms with Gasteiger partial charge in [0, 0.05) is 13.1 Å². The molecule has 0 aliphatic carbocycles. The fourth-order valence-electron chi connectivity index (χ4n) is 2.39. The summed E-state index contributed by atoms with van der Waals surface area (Å²) < 4.78 is 0. The molecule has 0 saturated heterocycles. The third kappa shape index (κ3) is 2.14. The summed E-state index contributed by atoms with van der Waals surface area (Å²) in [6.45, 7) is 1.50. The van der Waals surface area contributed by atoms with Crippen molar-refractivity contribution in [3.63, 3.8) is 0 Å². The second-order valence-corrected chi connectivity index (χ2v) is 4.68. The van der Waals surface area contributed by atoms with Gasteiger partial charge in [-0.15, -0.1) is 0 Å². The van der Waals surface area contributed by atoms with Gasteiger partial charge in [0.1, 0.15) is 0 Å². The SMILES string of the molecule is O=C(Cc1ccccc1)N1Cc2ccccc2C1. The van der Waals surface area contributed by atoms with Crippen molar-refractivity contribution in [3.05, 3.63) is 71.3 Å². The van der Waals surface area contributed by atoms with Crippen LogP contribution in [0.1, 0.15) is 16.7 Å². The Kier molecular flexibility index (Phi) is 2.85. The Morgan fingerprint density at radius 1 is 0.889 bits per heavy atom. The quantitative estimate of drug-likeness (QED) is 0.786. The molecular formula is C16H15NO. The van der Waals surface area contributed by atoms with Crippen LogP contribution in [0.4, 0.5) is 0 Å². The predicted molar refractivity (Wildman–Crippen MR) is 70.8 cm³/mol. The lowest BCUT2D eigenvalue weighted by Crippen LogP contribution is -2.26. The summed E-state index contributed by atoms with van der Waals surface area (Å²) in [5, 5.41) is 0. The Labute approximate surface area is 107 Å². The van der Waals surface area contributed by atoms with Crippen LogP contribution in [-0.2, 0) is 24.3 Å². The van der Waals surface area contributed by atoms with E-state index in [0.717, 1.165) is 18.7 Å². The number of benzene rings is 2. The van der Waals surface area contributed by atoms with Gasteiger partial charge in [0.25, 0.3) is 0 Å². The number of carbonyl (C=O) groups is 1. The van der Waals surface area contributed by atoms with Crippen molar-refractivity contribution in [3.8, 4) is 0 Å². The summed E-state index contributed by atoms with van der Waals surface area (Å²) in [6, 6.07) is 18.2. The van der Waals surface area contributed by atoms with Gasteiger partial charge in [-0.05, 0) is 16.7 Å². The predicted octanol–water partition coefficient (Wildman–Crippen LogP) is 2.77. The summed E-state index contributed by atoms with van der Waals surface area (Å²) >= 11 is 0. The van der Waals surface area contributed by atoms with Gasteiger partial charge in [0.05, 0.1) is 6.42 Å². The summed E-state index contributed by atoms with van der Waals surface area (Å²) in [5.74, 6) is 0.206. The van der Waals surface area contributed by atoms with Gasteiger partial charge < -0.3 is 4.90 Å². The molecule has 1 aliphatic rings. The fourth-order valence-corrected chi connectivity index (χ4v) is 2.39. The Morgan fingerprint density at radius 2 is 1.44 bits per heavy atom. The zero-order valence-corrected chi connectivity index (χ0v) is 10.2. The molecule has 2 aromatic carbocycles. The molecule has 0 saturated carbocycles. The number of hydrogen-bond acceptors (Lipinski definition) is 1. The van der Waals surface area contributed by atoms with Gasteiger partial charge in [-0.3, -0.25) is 4.79 Å². The average molecular weight is 237 g/mol. The highest BCUT2D eigenvalue weighted by atomic mass is 16.2. The highest BCUT2D eigenvalue weighted by Crippen LogP contribution is 2.22. The molecule has 0 spiro atoms. The number of hydrogen-bond donors (Lipinski definition) is 0. The smallest absolute Gasteiger partial charge is 0.227 e. The van der Waals surface area contributed by atoms with Crippen LogP contribution in [0.5, 0.6) is 0 Å². The molecule has 0 bridgehead atoms. The highest BCUT2D eigenvalue weighted by molar-refractivity contribution is 5.79. The van der Waals surface area contributed by atoms with E-state index in [1.165, 1.54) is 11.1 Å². The highest BCUT2D eigenvalue weighted by Gasteiger charge is 2.22. The first kappa shape index (κ1) is 11.0. The minimum absolute atomic E-state index is 0.206. The average Bonchev–Trinajstić information content (AvgIpc) is 2.84.